The van der Waals surface area contributed by atoms with E-state index in [1.54, 1.807) is 12.1 Å². The number of aromatic hydroxyl groups is 1. The van der Waals surface area contributed by atoms with E-state index in [-0.39, 0.29) is 0 Å². The number of hydrogen-bond donors (Lipinski definition) is 2. The molecule has 0 amide bonds. The quantitative estimate of drug-likeness (QED) is 0.721. The van der Waals surface area contributed by atoms with Gasteiger partial charge in [-0.25, -0.2) is 0 Å². The first-order chi connectivity index (χ1) is 5.68. The molecule has 0 aliphatic carbocycles. The van der Waals surface area contributed by atoms with E-state index < -0.39 is 0 Å². The van der Waals surface area contributed by atoms with Crippen LogP contribution in [-0.2, 0) is 0 Å². The molecule has 0 spiro atoms. The number of hydrogen-bond acceptors (Lipinski definition) is 2. The minimum Gasteiger partial charge on any atom is -0.508 e. The summed E-state index contributed by atoms with van der Waals surface area (Å²) < 4.78 is 0. The SMILES string of the molecule is CC(C)CNc1cccc(O)c1. The molecule has 1 aromatic rings. The molecule has 2 nitrogen and oxygen atoms in total. The van der Waals surface area contributed by atoms with E-state index in [0.717, 1.165) is 12.2 Å². The molecule has 1 aromatic carbocycles. The van der Waals surface area contributed by atoms with Crippen molar-refractivity contribution in [2.24, 2.45) is 5.92 Å². The van der Waals surface area contributed by atoms with Crippen molar-refractivity contribution in [2.45, 2.75) is 13.8 Å². The highest BCUT2D eigenvalue weighted by Gasteiger charge is 1.94. The molecular formula is C10H15NO. The number of anilines is 1. The molecule has 2 N–H and O–H groups in total. The number of nitrogens with one attached hydrogen (secondary N) is 1. The summed E-state index contributed by atoms with van der Waals surface area (Å²) in [6.45, 7) is 5.23. The van der Waals surface area contributed by atoms with Gasteiger partial charge in [0.15, 0.2) is 0 Å². The van der Waals surface area contributed by atoms with Crippen molar-refractivity contribution in [1.82, 2.24) is 0 Å². The first kappa shape index (κ1) is 8.91. The number of rotatable bonds is 3. The summed E-state index contributed by atoms with van der Waals surface area (Å²) in [5, 5.41) is 12.4. The number of phenols is 1. The van der Waals surface area contributed by atoms with Crippen molar-refractivity contribution in [3.05, 3.63) is 24.3 Å². The predicted octanol–water partition coefficient (Wildman–Crippen LogP) is 2.46. The Hall–Kier alpha value is -1.18. The van der Waals surface area contributed by atoms with Crippen LogP contribution < -0.4 is 5.32 Å². The van der Waals surface area contributed by atoms with Crippen molar-refractivity contribution in [1.29, 1.82) is 0 Å². The van der Waals surface area contributed by atoms with Crippen LogP contribution in [0.5, 0.6) is 5.75 Å². The van der Waals surface area contributed by atoms with Gasteiger partial charge in [-0.2, -0.15) is 0 Å². The van der Waals surface area contributed by atoms with Gasteiger partial charge in [0.05, 0.1) is 0 Å². The molecule has 0 aromatic heterocycles. The van der Waals surface area contributed by atoms with Crippen molar-refractivity contribution >= 4 is 5.69 Å². The Morgan fingerprint density at radius 1 is 1.42 bits per heavy atom. The highest BCUT2D eigenvalue weighted by Crippen LogP contribution is 2.15. The largest absolute Gasteiger partial charge is 0.508 e. The van der Waals surface area contributed by atoms with Gasteiger partial charge in [0, 0.05) is 18.3 Å². The summed E-state index contributed by atoms with van der Waals surface area (Å²) in [5.74, 6) is 0.927. The molecule has 0 heterocycles. The van der Waals surface area contributed by atoms with Crippen LogP contribution in [0, 0.1) is 5.92 Å². The molecule has 0 aliphatic heterocycles. The molecule has 1 rings (SSSR count). The lowest BCUT2D eigenvalue weighted by molar-refractivity contribution is 0.475. The summed E-state index contributed by atoms with van der Waals surface area (Å²) in [7, 11) is 0. The van der Waals surface area contributed by atoms with E-state index >= 15 is 0 Å². The molecule has 12 heavy (non-hydrogen) atoms. The van der Waals surface area contributed by atoms with E-state index in [2.05, 4.69) is 19.2 Å². The molecule has 66 valence electrons. The summed E-state index contributed by atoms with van der Waals surface area (Å²) >= 11 is 0. The standard InChI is InChI=1S/C10H15NO/c1-8(2)7-11-9-4-3-5-10(12)6-9/h3-6,8,11-12H,7H2,1-2H3. The van der Waals surface area contributed by atoms with Gasteiger partial charge in [-0.3, -0.25) is 0 Å². The van der Waals surface area contributed by atoms with Crippen molar-refractivity contribution in [2.75, 3.05) is 11.9 Å². The molecule has 0 atom stereocenters. The topological polar surface area (TPSA) is 32.3 Å². The summed E-state index contributed by atoms with van der Waals surface area (Å²) in [4.78, 5) is 0. The van der Waals surface area contributed by atoms with Gasteiger partial charge in [-0.1, -0.05) is 19.9 Å². The predicted molar refractivity (Wildman–Crippen MR) is 51.4 cm³/mol. The third kappa shape index (κ3) is 2.82. The van der Waals surface area contributed by atoms with E-state index in [0.29, 0.717) is 11.7 Å². The minimum atomic E-state index is 0.309. The lowest BCUT2D eigenvalue weighted by atomic mass is 10.2. The van der Waals surface area contributed by atoms with Gasteiger partial charge >= 0.3 is 0 Å². The maximum Gasteiger partial charge on any atom is 0.117 e. The van der Waals surface area contributed by atoms with Crippen LogP contribution in [0.25, 0.3) is 0 Å². The van der Waals surface area contributed by atoms with Crippen molar-refractivity contribution < 1.29 is 5.11 Å². The Morgan fingerprint density at radius 2 is 2.17 bits per heavy atom. The van der Waals surface area contributed by atoms with Crippen LogP contribution >= 0.6 is 0 Å². The molecular weight excluding hydrogens is 150 g/mol. The van der Waals surface area contributed by atoms with Crippen LogP contribution in [0.2, 0.25) is 0 Å². The molecule has 0 saturated carbocycles. The monoisotopic (exact) mass is 165 g/mol. The highest BCUT2D eigenvalue weighted by atomic mass is 16.3. The van der Waals surface area contributed by atoms with Crippen molar-refractivity contribution in [3.8, 4) is 5.75 Å². The first-order valence-corrected chi connectivity index (χ1v) is 4.21. The van der Waals surface area contributed by atoms with Gasteiger partial charge in [-0.05, 0) is 18.1 Å². The Labute approximate surface area is 73.2 Å². The fourth-order valence-corrected chi connectivity index (χ4v) is 0.938. The third-order valence-electron chi connectivity index (χ3n) is 1.56. The van der Waals surface area contributed by atoms with Crippen LogP contribution in [0.4, 0.5) is 5.69 Å². The zero-order valence-corrected chi connectivity index (χ0v) is 7.54. The lowest BCUT2D eigenvalue weighted by Gasteiger charge is -2.08. The van der Waals surface area contributed by atoms with Gasteiger partial charge in [0.2, 0.25) is 0 Å². The molecule has 0 fully saturated rings. The Bertz CT molecular complexity index is 245. The van der Waals surface area contributed by atoms with Gasteiger partial charge in [0.25, 0.3) is 0 Å². The van der Waals surface area contributed by atoms with Gasteiger partial charge in [-0.15, -0.1) is 0 Å². The molecule has 0 aliphatic rings. The average molecular weight is 165 g/mol. The van der Waals surface area contributed by atoms with E-state index in [1.165, 1.54) is 0 Å². The minimum absolute atomic E-state index is 0.309. The Kier molecular flexibility index (Phi) is 2.97. The maximum atomic E-state index is 9.14. The van der Waals surface area contributed by atoms with E-state index in [1.807, 2.05) is 12.1 Å². The second-order valence-electron chi connectivity index (χ2n) is 3.33. The molecule has 0 bridgehead atoms. The third-order valence-corrected chi connectivity index (χ3v) is 1.56. The second kappa shape index (κ2) is 4.00. The summed E-state index contributed by atoms with van der Waals surface area (Å²) in [6.07, 6.45) is 0. The van der Waals surface area contributed by atoms with E-state index in [9.17, 15) is 0 Å². The fourth-order valence-electron chi connectivity index (χ4n) is 0.938. The second-order valence-corrected chi connectivity index (χ2v) is 3.33. The zero-order valence-electron chi connectivity index (χ0n) is 7.54. The number of benzene rings is 1. The first-order valence-electron chi connectivity index (χ1n) is 4.21. The zero-order chi connectivity index (χ0) is 8.97. The summed E-state index contributed by atoms with van der Waals surface area (Å²) in [6, 6.07) is 7.17. The molecule has 0 unspecified atom stereocenters. The molecule has 2 heteroatoms. The van der Waals surface area contributed by atoms with Crippen LogP contribution in [-0.4, -0.2) is 11.7 Å². The average Bonchev–Trinajstić information content (AvgIpc) is 2.01. The number of phenolic OH excluding ortho intramolecular Hbond substituents is 1. The Morgan fingerprint density at radius 3 is 2.75 bits per heavy atom. The molecule has 0 radical (unpaired) electrons. The Balaban J connectivity index is 2.52. The highest BCUT2D eigenvalue weighted by molar-refractivity contribution is 5.47. The van der Waals surface area contributed by atoms with E-state index in [4.69, 9.17) is 5.11 Å². The normalized spacial score (nSPS) is 10.2. The molecule has 0 saturated heterocycles. The van der Waals surface area contributed by atoms with Gasteiger partial charge < -0.3 is 10.4 Å². The smallest absolute Gasteiger partial charge is 0.117 e. The maximum absolute atomic E-state index is 9.14. The van der Waals surface area contributed by atoms with Crippen molar-refractivity contribution in [3.63, 3.8) is 0 Å². The lowest BCUT2D eigenvalue weighted by Crippen LogP contribution is -2.07. The van der Waals surface area contributed by atoms with Crippen LogP contribution in [0.1, 0.15) is 13.8 Å². The summed E-state index contributed by atoms with van der Waals surface area (Å²) in [5.41, 5.74) is 0.976. The van der Waals surface area contributed by atoms with Crippen LogP contribution in [0.15, 0.2) is 24.3 Å². The van der Waals surface area contributed by atoms with Gasteiger partial charge in [0.1, 0.15) is 5.75 Å². The van der Waals surface area contributed by atoms with Crippen LogP contribution in [0.3, 0.4) is 0 Å². The fraction of sp³-hybridized carbons (Fsp3) is 0.400.